The van der Waals surface area contributed by atoms with Crippen LogP contribution in [0.25, 0.3) is 0 Å². The van der Waals surface area contributed by atoms with Gasteiger partial charge >= 0.3 is 0 Å². The van der Waals surface area contributed by atoms with Crippen LogP contribution in [0.15, 0.2) is 29.4 Å². The number of aryl methyl sites for hydroxylation is 2. The van der Waals surface area contributed by atoms with Crippen molar-refractivity contribution in [2.75, 3.05) is 4.72 Å². The van der Waals surface area contributed by atoms with Crippen molar-refractivity contribution in [1.29, 1.82) is 0 Å². The molecule has 0 unspecified atom stereocenters. The van der Waals surface area contributed by atoms with E-state index in [4.69, 9.17) is 17.3 Å². The van der Waals surface area contributed by atoms with E-state index in [9.17, 15) is 13.2 Å². The number of primary amides is 1. The number of anilines is 1. The van der Waals surface area contributed by atoms with Crippen LogP contribution in [0.1, 0.15) is 16.1 Å². The van der Waals surface area contributed by atoms with Crippen LogP contribution < -0.4 is 10.5 Å². The van der Waals surface area contributed by atoms with Gasteiger partial charge in [0.05, 0.1) is 5.69 Å². The molecule has 3 N–H and O–H groups in total. The molecule has 0 spiro atoms. The number of carbonyl (C=O) groups is 1. The summed E-state index contributed by atoms with van der Waals surface area (Å²) in [5.41, 5.74) is 6.08. The maximum Gasteiger partial charge on any atom is 0.265 e. The van der Waals surface area contributed by atoms with Gasteiger partial charge < -0.3 is 10.3 Å². The van der Waals surface area contributed by atoms with E-state index in [0.717, 1.165) is 0 Å². The Morgan fingerprint density at radius 2 is 2.14 bits per heavy atom. The number of nitrogens with one attached hydrogen (secondary N) is 1. The number of hydrogen-bond acceptors (Lipinski definition) is 4. The van der Waals surface area contributed by atoms with Gasteiger partial charge in [-0.15, -0.1) is 0 Å². The summed E-state index contributed by atoms with van der Waals surface area (Å²) in [6.07, 6.45) is 2.77. The molecule has 0 aliphatic heterocycles. The average molecular weight is 329 g/mol. The van der Waals surface area contributed by atoms with Gasteiger partial charge in [0.1, 0.15) is 10.6 Å². The van der Waals surface area contributed by atoms with Crippen LogP contribution in [-0.2, 0) is 17.1 Å². The van der Waals surface area contributed by atoms with E-state index in [1.165, 1.54) is 30.1 Å². The van der Waals surface area contributed by atoms with Gasteiger partial charge in [0.15, 0.2) is 5.15 Å². The fourth-order valence-electron chi connectivity index (χ4n) is 1.77. The Labute approximate surface area is 126 Å². The molecule has 0 aliphatic carbocycles. The van der Waals surface area contributed by atoms with Gasteiger partial charge in [0.2, 0.25) is 0 Å². The van der Waals surface area contributed by atoms with E-state index in [0.29, 0.717) is 5.56 Å². The molecule has 0 atom stereocenters. The van der Waals surface area contributed by atoms with Crippen LogP contribution in [0.2, 0.25) is 5.15 Å². The molecule has 112 valence electrons. The fourth-order valence-corrected chi connectivity index (χ4v) is 3.28. The molecule has 0 radical (unpaired) electrons. The van der Waals surface area contributed by atoms with E-state index in [2.05, 4.69) is 9.71 Å². The summed E-state index contributed by atoms with van der Waals surface area (Å²) in [6, 6.07) is 2.83. The van der Waals surface area contributed by atoms with Gasteiger partial charge in [-0.25, -0.2) is 13.4 Å². The van der Waals surface area contributed by atoms with Crippen molar-refractivity contribution >= 4 is 33.2 Å². The van der Waals surface area contributed by atoms with E-state index < -0.39 is 15.9 Å². The van der Waals surface area contributed by atoms with Crippen LogP contribution in [0, 0.1) is 6.92 Å². The number of sulfonamides is 1. The number of hydrogen-bond donors (Lipinski definition) is 2. The molecule has 7 nitrogen and oxygen atoms in total. The summed E-state index contributed by atoms with van der Waals surface area (Å²) in [4.78, 5) is 14.9. The van der Waals surface area contributed by atoms with Crippen molar-refractivity contribution < 1.29 is 13.2 Å². The molecule has 21 heavy (non-hydrogen) atoms. The number of carbonyl (C=O) groups excluding carboxylic acids is 1. The van der Waals surface area contributed by atoms with Crippen LogP contribution >= 0.6 is 11.6 Å². The van der Waals surface area contributed by atoms with E-state index in [1.807, 2.05) is 0 Å². The van der Waals surface area contributed by atoms with Crippen molar-refractivity contribution in [2.45, 2.75) is 11.8 Å². The zero-order valence-electron chi connectivity index (χ0n) is 11.3. The molecule has 2 heterocycles. The van der Waals surface area contributed by atoms with Gasteiger partial charge in [-0.3, -0.25) is 9.52 Å². The van der Waals surface area contributed by atoms with Crippen LogP contribution in [0.4, 0.5) is 5.69 Å². The molecule has 2 aromatic rings. The molecule has 0 saturated heterocycles. The van der Waals surface area contributed by atoms with Crippen molar-refractivity contribution in [2.24, 2.45) is 12.8 Å². The van der Waals surface area contributed by atoms with E-state index in [1.54, 1.807) is 13.0 Å². The maximum atomic E-state index is 12.3. The Morgan fingerprint density at radius 1 is 1.48 bits per heavy atom. The summed E-state index contributed by atoms with van der Waals surface area (Å²) in [7, 11) is -2.37. The zero-order valence-corrected chi connectivity index (χ0v) is 12.9. The first-order valence-electron chi connectivity index (χ1n) is 5.82. The van der Waals surface area contributed by atoms with Crippen molar-refractivity contribution in [1.82, 2.24) is 9.55 Å². The van der Waals surface area contributed by atoms with Gasteiger partial charge in [-0.1, -0.05) is 11.6 Å². The Morgan fingerprint density at radius 3 is 2.67 bits per heavy atom. The maximum absolute atomic E-state index is 12.3. The lowest BCUT2D eigenvalue weighted by Gasteiger charge is -2.10. The SMILES string of the molecule is Cc1ccnc(Cl)c1NS(=O)(=O)c1cc(C(N)=O)n(C)c1. The largest absolute Gasteiger partial charge is 0.364 e. The quantitative estimate of drug-likeness (QED) is 0.824. The Bertz CT molecular complexity index is 794. The van der Waals surface area contributed by atoms with Crippen molar-refractivity contribution in [3.63, 3.8) is 0 Å². The normalized spacial score (nSPS) is 11.4. The molecule has 2 rings (SSSR count). The molecule has 0 aliphatic rings. The molecule has 2 aromatic heterocycles. The molecule has 0 fully saturated rings. The smallest absolute Gasteiger partial charge is 0.265 e. The number of pyridine rings is 1. The highest BCUT2D eigenvalue weighted by Crippen LogP contribution is 2.26. The zero-order chi connectivity index (χ0) is 15.8. The lowest BCUT2D eigenvalue weighted by atomic mass is 10.3. The highest BCUT2D eigenvalue weighted by molar-refractivity contribution is 7.92. The Balaban J connectivity index is 2.44. The summed E-state index contributed by atoms with van der Waals surface area (Å²) in [5.74, 6) is -0.713. The number of halogens is 1. The van der Waals surface area contributed by atoms with Crippen molar-refractivity contribution in [3.8, 4) is 0 Å². The first-order chi connectivity index (χ1) is 9.72. The van der Waals surface area contributed by atoms with Gasteiger partial charge in [0.25, 0.3) is 15.9 Å². The first kappa shape index (κ1) is 15.3. The first-order valence-corrected chi connectivity index (χ1v) is 7.68. The minimum absolute atomic E-state index is 0.0460. The van der Waals surface area contributed by atoms with Crippen LogP contribution in [0.3, 0.4) is 0 Å². The third kappa shape index (κ3) is 3.01. The molecule has 0 aromatic carbocycles. The third-order valence-corrected chi connectivity index (χ3v) is 4.50. The molecular formula is C12H13ClN4O3S. The second kappa shape index (κ2) is 5.38. The van der Waals surface area contributed by atoms with E-state index in [-0.39, 0.29) is 21.4 Å². The number of nitrogens with two attached hydrogens (primary N) is 1. The Hall–Kier alpha value is -2.06. The second-order valence-electron chi connectivity index (χ2n) is 4.44. The summed E-state index contributed by atoms with van der Waals surface area (Å²) in [5, 5.41) is 0.0460. The molecule has 0 bridgehead atoms. The van der Waals surface area contributed by atoms with E-state index >= 15 is 0 Å². The summed E-state index contributed by atoms with van der Waals surface area (Å²) < 4.78 is 28.4. The van der Waals surface area contributed by atoms with Gasteiger partial charge in [-0.05, 0) is 24.6 Å². The summed E-state index contributed by atoms with van der Waals surface area (Å²) in [6.45, 7) is 1.70. The minimum Gasteiger partial charge on any atom is -0.364 e. The number of aromatic nitrogens is 2. The Kier molecular flexibility index (Phi) is 3.93. The number of amides is 1. The number of nitrogens with zero attached hydrogens (tertiary/aromatic N) is 2. The predicted molar refractivity (Wildman–Crippen MR) is 78.7 cm³/mol. The monoisotopic (exact) mass is 328 g/mol. The van der Waals surface area contributed by atoms with Crippen LogP contribution in [-0.4, -0.2) is 23.9 Å². The molecular weight excluding hydrogens is 316 g/mol. The third-order valence-electron chi connectivity index (χ3n) is 2.89. The second-order valence-corrected chi connectivity index (χ2v) is 6.48. The molecule has 0 saturated carbocycles. The van der Waals surface area contributed by atoms with Crippen LogP contribution in [0.5, 0.6) is 0 Å². The predicted octanol–water partition coefficient (Wildman–Crippen LogP) is 1.28. The standard InChI is InChI=1S/C12H13ClN4O3S/c1-7-3-4-15-11(13)10(7)16-21(19,20)8-5-9(12(14)18)17(2)6-8/h3-6,16H,1-2H3,(H2,14,18). The highest BCUT2D eigenvalue weighted by Gasteiger charge is 2.21. The van der Waals surface area contributed by atoms with Gasteiger partial charge in [-0.2, -0.15) is 0 Å². The molecule has 1 amide bonds. The highest BCUT2D eigenvalue weighted by atomic mass is 35.5. The fraction of sp³-hybridized carbons (Fsp3) is 0.167. The molecule has 9 heteroatoms. The number of rotatable bonds is 4. The lowest BCUT2D eigenvalue weighted by Crippen LogP contribution is -2.15. The summed E-state index contributed by atoms with van der Waals surface area (Å²) >= 11 is 5.89. The average Bonchev–Trinajstić information content (AvgIpc) is 2.77. The van der Waals surface area contributed by atoms with Gasteiger partial charge in [0, 0.05) is 19.4 Å². The minimum atomic E-state index is -3.90. The topological polar surface area (TPSA) is 107 Å². The van der Waals surface area contributed by atoms with Crippen molar-refractivity contribution in [3.05, 3.63) is 40.9 Å². The lowest BCUT2D eigenvalue weighted by molar-refractivity contribution is 0.0992.